The molecule has 0 aromatic carbocycles. The Morgan fingerprint density at radius 1 is 0.556 bits per heavy atom. The van der Waals surface area contributed by atoms with Gasteiger partial charge in [0.2, 0.25) is 0 Å². The smallest absolute Gasteiger partial charge is 0.390 e. The molecule has 1 N–H and O–H groups in total. The van der Waals surface area contributed by atoms with Crippen LogP contribution in [0.25, 0.3) is 0 Å². The summed E-state index contributed by atoms with van der Waals surface area (Å²) in [6, 6.07) is 0. The van der Waals surface area contributed by atoms with Crippen LogP contribution in [0.4, 0.5) is 87.8 Å². The fraction of sp³-hybridized carbons (Fsp3) is 1.00. The van der Waals surface area contributed by atoms with Gasteiger partial charge in [0, 0.05) is 12.8 Å². The summed E-state index contributed by atoms with van der Waals surface area (Å²) in [6.45, 7) is 0.567. The molecule has 5 nitrogen and oxygen atoms in total. The number of rotatable bonds is 17. The first-order valence-electron chi connectivity index (χ1n) is 11.3. The molecule has 45 heavy (non-hydrogen) atoms. The molecule has 25 heteroatoms. The van der Waals surface area contributed by atoms with Crippen molar-refractivity contribution in [2.75, 3.05) is 6.61 Å². The molecule has 3 unspecified atom stereocenters. The Morgan fingerprint density at radius 3 is 1.24 bits per heavy atom. The zero-order valence-corrected chi connectivity index (χ0v) is 22.5. The van der Waals surface area contributed by atoms with Crippen LogP contribution in [0.5, 0.6) is 0 Å². The summed E-state index contributed by atoms with van der Waals surface area (Å²) in [5.74, 6) is -19.9. The predicted octanol–water partition coefficient (Wildman–Crippen LogP) is 8.15. The van der Waals surface area contributed by atoms with Crippen LogP contribution in [0, 0.1) is 0 Å². The Kier molecular flexibility index (Phi) is 12.7. The molecule has 0 amide bonds. The van der Waals surface area contributed by atoms with Crippen LogP contribution in [-0.2, 0) is 18.9 Å². The maximum atomic E-state index is 14.2. The van der Waals surface area contributed by atoms with Crippen LogP contribution in [-0.4, -0.2) is 90.2 Å². The van der Waals surface area contributed by atoms with Gasteiger partial charge in [0.1, 0.15) is 0 Å². The third kappa shape index (κ3) is 11.3. The fourth-order valence-electron chi connectivity index (χ4n) is 2.99. The Morgan fingerprint density at radius 2 is 0.911 bits per heavy atom. The fourth-order valence-corrected chi connectivity index (χ4v) is 2.99. The maximum Gasteiger partial charge on any atom is 0.462 e. The minimum Gasteiger partial charge on any atom is -0.390 e. The summed E-state index contributed by atoms with van der Waals surface area (Å²) in [7, 11) is 0. The van der Waals surface area contributed by atoms with Gasteiger partial charge in [-0.2, -0.15) is 70.2 Å². The monoisotopic (exact) mass is 722 g/mol. The van der Waals surface area contributed by atoms with Gasteiger partial charge in [0.25, 0.3) is 12.7 Å². The Hall–Kier alpha value is -1.60. The van der Waals surface area contributed by atoms with Gasteiger partial charge < -0.3 is 14.6 Å². The third-order valence-corrected chi connectivity index (χ3v) is 4.88. The Labute approximate surface area is 238 Å². The molecule has 0 fully saturated rings. The van der Waals surface area contributed by atoms with Gasteiger partial charge in [0.05, 0.1) is 23.9 Å². The van der Waals surface area contributed by atoms with Crippen molar-refractivity contribution in [3.8, 4) is 0 Å². The molecule has 3 atom stereocenters. The van der Waals surface area contributed by atoms with Crippen molar-refractivity contribution in [3.63, 3.8) is 0 Å². The highest BCUT2D eigenvalue weighted by Gasteiger charge is 2.77. The van der Waals surface area contributed by atoms with Crippen molar-refractivity contribution in [2.24, 2.45) is 0 Å². The molecule has 0 radical (unpaired) electrons. The molecule has 272 valence electrons. The van der Waals surface area contributed by atoms with Crippen molar-refractivity contribution in [3.05, 3.63) is 0 Å². The summed E-state index contributed by atoms with van der Waals surface area (Å²) in [6.07, 6.45) is -49.9. The van der Waals surface area contributed by atoms with E-state index in [2.05, 4.69) is 14.2 Å². The van der Waals surface area contributed by atoms with E-state index in [0.717, 1.165) is 13.8 Å². The van der Waals surface area contributed by atoms with Crippen LogP contribution in [0.1, 0.15) is 40.5 Å². The van der Waals surface area contributed by atoms with E-state index in [0.29, 0.717) is 13.8 Å². The Bertz CT molecular complexity index is 956. The molecule has 0 bridgehead atoms. The summed E-state index contributed by atoms with van der Waals surface area (Å²) in [4.78, 5) is 0. The van der Waals surface area contributed by atoms with Gasteiger partial charge in [-0.3, -0.25) is 9.47 Å². The average molecular weight is 722 g/mol. The second-order valence-electron chi connectivity index (χ2n) is 10.4. The van der Waals surface area contributed by atoms with Crippen molar-refractivity contribution in [1.29, 1.82) is 0 Å². The molecule has 0 rings (SSSR count). The molecular formula is C20H22F20O5. The number of aliphatic hydroxyl groups is 1. The standard InChI is InChI=1S/C20H22F20O5/c1-11(2,41)5-8(6-42-14(25,26)10(22)45-20(39,40)16(29,30)18(34,35)36)43-12(3,4)7-13(23,24)9(21)44-19(37,38)15(27,28)17(31,32)33/h8-10,41H,5-7H2,1-4H3. The lowest BCUT2D eigenvalue weighted by Crippen LogP contribution is -2.56. The van der Waals surface area contributed by atoms with Crippen molar-refractivity contribution < 1.29 is 112 Å². The number of halogens is 20. The number of hydrogen-bond acceptors (Lipinski definition) is 5. The van der Waals surface area contributed by atoms with Gasteiger partial charge in [-0.25, -0.2) is 17.6 Å². The molecule has 0 aliphatic heterocycles. The first kappa shape index (κ1) is 43.4. The summed E-state index contributed by atoms with van der Waals surface area (Å²) >= 11 is 0. The first-order chi connectivity index (χ1) is 19.2. The zero-order valence-electron chi connectivity index (χ0n) is 22.5. The highest BCUT2D eigenvalue weighted by Crippen LogP contribution is 2.50. The topological polar surface area (TPSA) is 57.2 Å². The minimum absolute atomic E-state index is 0.437. The van der Waals surface area contributed by atoms with Crippen LogP contribution in [0.3, 0.4) is 0 Å². The number of hydrogen-bond donors (Lipinski definition) is 1. The zero-order chi connectivity index (χ0) is 36.7. The molecule has 0 aliphatic carbocycles. The second-order valence-corrected chi connectivity index (χ2v) is 10.4. The SMILES string of the molecule is CC(C)(O)CC(COC(F)(F)C(F)OC(F)(F)C(F)(F)C(F)(F)F)OC(C)(C)CC(F)(F)C(F)OC(F)(F)C(F)(F)C(F)(F)F. The summed E-state index contributed by atoms with van der Waals surface area (Å²) in [5, 5.41) is 9.85. The summed E-state index contributed by atoms with van der Waals surface area (Å²) < 4.78 is 273. The second kappa shape index (κ2) is 13.1. The lowest BCUT2D eigenvalue weighted by Gasteiger charge is -2.37. The largest absolute Gasteiger partial charge is 0.462 e. The number of alkyl halides is 20. The highest BCUT2D eigenvalue weighted by molar-refractivity contribution is 4.89. The van der Waals surface area contributed by atoms with Crippen LogP contribution in [0.15, 0.2) is 0 Å². The molecular weight excluding hydrogens is 700 g/mol. The molecule has 0 aromatic rings. The van der Waals surface area contributed by atoms with Crippen molar-refractivity contribution in [1.82, 2.24) is 0 Å². The van der Waals surface area contributed by atoms with E-state index in [4.69, 9.17) is 4.74 Å². The van der Waals surface area contributed by atoms with Crippen LogP contribution in [0.2, 0.25) is 0 Å². The molecule has 0 heterocycles. The van der Waals surface area contributed by atoms with Gasteiger partial charge in [0.15, 0.2) is 0 Å². The minimum atomic E-state index is -7.23. The lowest BCUT2D eigenvalue weighted by atomic mass is 9.97. The van der Waals surface area contributed by atoms with Crippen molar-refractivity contribution >= 4 is 0 Å². The highest BCUT2D eigenvalue weighted by atomic mass is 19.4. The van der Waals surface area contributed by atoms with Crippen LogP contribution < -0.4 is 0 Å². The number of ether oxygens (including phenoxy) is 4. The Balaban J connectivity index is 5.88. The molecule has 0 saturated carbocycles. The van der Waals surface area contributed by atoms with Gasteiger partial charge in [-0.05, 0) is 27.7 Å². The quantitative estimate of drug-likeness (QED) is 0.154. The van der Waals surface area contributed by atoms with E-state index < -0.39 is 97.9 Å². The maximum absolute atomic E-state index is 14.2. The molecule has 0 saturated heterocycles. The molecule has 0 spiro atoms. The van der Waals surface area contributed by atoms with E-state index in [-0.39, 0.29) is 0 Å². The lowest BCUT2D eigenvalue weighted by molar-refractivity contribution is -0.466. The van der Waals surface area contributed by atoms with Gasteiger partial charge in [-0.1, -0.05) is 0 Å². The van der Waals surface area contributed by atoms with Gasteiger partial charge >= 0.3 is 48.4 Å². The van der Waals surface area contributed by atoms with E-state index in [1.165, 1.54) is 0 Å². The van der Waals surface area contributed by atoms with E-state index in [1.54, 1.807) is 0 Å². The third-order valence-electron chi connectivity index (χ3n) is 4.88. The van der Waals surface area contributed by atoms with Gasteiger partial charge in [-0.15, -0.1) is 0 Å². The predicted molar refractivity (Wildman–Crippen MR) is 104 cm³/mol. The van der Waals surface area contributed by atoms with E-state index in [9.17, 15) is 92.9 Å². The summed E-state index contributed by atoms with van der Waals surface area (Å²) in [5.41, 5.74) is -4.94. The van der Waals surface area contributed by atoms with E-state index >= 15 is 0 Å². The van der Waals surface area contributed by atoms with Crippen LogP contribution >= 0.6 is 0 Å². The average Bonchev–Trinajstić information content (AvgIpc) is 2.73. The van der Waals surface area contributed by atoms with Crippen molar-refractivity contribution in [2.45, 2.75) is 119 Å². The van der Waals surface area contributed by atoms with E-state index in [1.807, 2.05) is 0 Å². The molecule has 0 aromatic heterocycles. The normalized spacial score (nSPS) is 17.8. The first-order valence-corrected chi connectivity index (χ1v) is 11.3. The molecule has 0 aliphatic rings.